The van der Waals surface area contributed by atoms with Gasteiger partial charge in [0.15, 0.2) is 11.6 Å². The number of rotatable bonds is 7. The summed E-state index contributed by atoms with van der Waals surface area (Å²) in [6.45, 7) is 6.39. The Morgan fingerprint density at radius 1 is 0.844 bits per heavy atom. The van der Waals surface area contributed by atoms with E-state index in [4.69, 9.17) is 4.74 Å². The normalized spacial score (nSPS) is 11.3. The van der Waals surface area contributed by atoms with Crippen LogP contribution >= 0.6 is 0 Å². The van der Waals surface area contributed by atoms with Crippen LogP contribution in [0.5, 0.6) is 5.75 Å². The molecule has 0 amide bonds. The first kappa shape index (κ1) is 21.6. The number of nitrogens with one attached hydrogen (secondary N) is 2. The molecule has 0 unspecified atom stereocenters. The fourth-order valence-electron chi connectivity index (χ4n) is 3.24. The molecule has 32 heavy (non-hydrogen) atoms. The molecule has 3 aromatic carbocycles. The molecule has 0 radical (unpaired) electrons. The highest BCUT2D eigenvalue weighted by molar-refractivity contribution is 7.92. The Morgan fingerprint density at radius 2 is 1.50 bits per heavy atom. The maximum Gasteiger partial charge on any atom is 0.263 e. The van der Waals surface area contributed by atoms with Gasteiger partial charge in [0, 0.05) is 5.69 Å². The van der Waals surface area contributed by atoms with Gasteiger partial charge in [-0.05, 0) is 74.4 Å². The van der Waals surface area contributed by atoms with Crippen molar-refractivity contribution in [3.8, 4) is 5.75 Å². The summed E-state index contributed by atoms with van der Waals surface area (Å²) >= 11 is 0. The first-order valence-electron chi connectivity index (χ1n) is 10.2. The van der Waals surface area contributed by atoms with Crippen LogP contribution in [0.25, 0.3) is 11.0 Å². The van der Waals surface area contributed by atoms with E-state index in [1.165, 1.54) is 12.1 Å². The lowest BCUT2D eigenvalue weighted by atomic mass is 10.1. The summed E-state index contributed by atoms with van der Waals surface area (Å²) in [5, 5.41) is 3.25. The van der Waals surface area contributed by atoms with Gasteiger partial charge in [-0.1, -0.05) is 24.3 Å². The van der Waals surface area contributed by atoms with Gasteiger partial charge < -0.3 is 10.1 Å². The summed E-state index contributed by atoms with van der Waals surface area (Å²) in [5.41, 5.74) is 4.23. The van der Waals surface area contributed by atoms with E-state index in [1.807, 2.05) is 57.2 Å². The molecule has 0 atom stereocenters. The first-order chi connectivity index (χ1) is 15.4. The molecular formula is C24H24N4O3S. The molecule has 7 nitrogen and oxygen atoms in total. The highest BCUT2D eigenvalue weighted by atomic mass is 32.2. The van der Waals surface area contributed by atoms with Crippen LogP contribution in [0.2, 0.25) is 0 Å². The van der Waals surface area contributed by atoms with Gasteiger partial charge in [0.2, 0.25) is 0 Å². The number of benzene rings is 3. The Hall–Kier alpha value is -3.65. The van der Waals surface area contributed by atoms with E-state index in [9.17, 15) is 8.42 Å². The summed E-state index contributed by atoms with van der Waals surface area (Å²) in [7, 11) is -3.89. The van der Waals surface area contributed by atoms with Gasteiger partial charge in [0.25, 0.3) is 10.0 Å². The number of ether oxygens (including phenoxy) is 1. The van der Waals surface area contributed by atoms with Crippen molar-refractivity contribution in [3.63, 3.8) is 0 Å². The van der Waals surface area contributed by atoms with E-state index in [0.29, 0.717) is 29.2 Å². The molecule has 4 aromatic rings. The van der Waals surface area contributed by atoms with Crippen molar-refractivity contribution in [1.82, 2.24) is 9.97 Å². The fourth-order valence-corrected chi connectivity index (χ4v) is 4.25. The van der Waals surface area contributed by atoms with Gasteiger partial charge >= 0.3 is 0 Å². The van der Waals surface area contributed by atoms with Gasteiger partial charge in [-0.3, -0.25) is 4.72 Å². The number of sulfonamides is 1. The van der Waals surface area contributed by atoms with Crippen molar-refractivity contribution < 1.29 is 13.2 Å². The molecule has 8 heteroatoms. The number of aromatic nitrogens is 2. The molecule has 0 aliphatic carbocycles. The Bertz CT molecular complexity index is 1370. The SMILES string of the molecule is CCOc1ccc(S(=O)(=O)Nc2nc3ccccc3nc2Nc2cccc(C)c2C)cc1. The second kappa shape index (κ2) is 8.84. The lowest BCUT2D eigenvalue weighted by molar-refractivity contribution is 0.340. The maximum atomic E-state index is 13.1. The monoisotopic (exact) mass is 448 g/mol. The number of aryl methyl sites for hydroxylation is 1. The molecule has 164 valence electrons. The number of fused-ring (bicyclic) bond motifs is 1. The molecule has 0 saturated heterocycles. The van der Waals surface area contributed by atoms with Crippen molar-refractivity contribution in [2.75, 3.05) is 16.6 Å². The Labute approximate surface area is 187 Å². The average Bonchev–Trinajstić information content (AvgIpc) is 2.77. The summed E-state index contributed by atoms with van der Waals surface area (Å²) < 4.78 is 34.2. The average molecular weight is 449 g/mol. The highest BCUT2D eigenvalue weighted by Crippen LogP contribution is 2.29. The standard InChI is InChI=1S/C24H24N4O3S/c1-4-31-18-12-14-19(15-13-18)32(29,30)28-24-23(25-20-11-7-8-16(2)17(20)3)26-21-9-5-6-10-22(21)27-24/h5-15H,4H2,1-3H3,(H,25,26)(H,27,28). The molecule has 0 spiro atoms. The number of anilines is 3. The first-order valence-corrected chi connectivity index (χ1v) is 11.7. The van der Waals surface area contributed by atoms with E-state index < -0.39 is 10.0 Å². The summed E-state index contributed by atoms with van der Waals surface area (Å²) in [6.07, 6.45) is 0. The highest BCUT2D eigenvalue weighted by Gasteiger charge is 2.19. The van der Waals surface area contributed by atoms with Crippen molar-refractivity contribution in [3.05, 3.63) is 77.9 Å². The largest absolute Gasteiger partial charge is 0.494 e. The van der Waals surface area contributed by atoms with Crippen LogP contribution < -0.4 is 14.8 Å². The quantitative estimate of drug-likeness (QED) is 0.404. The van der Waals surface area contributed by atoms with E-state index >= 15 is 0 Å². The third-order valence-corrected chi connectivity index (χ3v) is 6.46. The topological polar surface area (TPSA) is 93.2 Å². The molecule has 0 saturated carbocycles. The van der Waals surface area contributed by atoms with Crippen molar-refractivity contribution >= 4 is 38.4 Å². The molecular weight excluding hydrogens is 424 g/mol. The van der Waals surface area contributed by atoms with Crippen LogP contribution in [0.15, 0.2) is 71.6 Å². The van der Waals surface area contributed by atoms with Crippen LogP contribution in [0.1, 0.15) is 18.1 Å². The number of para-hydroxylation sites is 2. The van der Waals surface area contributed by atoms with Crippen LogP contribution in [-0.4, -0.2) is 25.0 Å². The lowest BCUT2D eigenvalue weighted by Crippen LogP contribution is -2.16. The zero-order chi connectivity index (χ0) is 22.7. The summed E-state index contributed by atoms with van der Waals surface area (Å²) in [6, 6.07) is 19.4. The molecule has 1 heterocycles. The second-order valence-corrected chi connectivity index (χ2v) is 8.97. The Balaban J connectivity index is 1.75. The third kappa shape index (κ3) is 4.50. The van der Waals surface area contributed by atoms with Crippen molar-refractivity contribution in [1.29, 1.82) is 0 Å². The predicted octanol–water partition coefficient (Wildman–Crippen LogP) is 5.19. The summed E-state index contributed by atoms with van der Waals surface area (Å²) in [4.78, 5) is 9.28. The van der Waals surface area contributed by atoms with Crippen LogP contribution in [0.3, 0.4) is 0 Å². The molecule has 1 aromatic heterocycles. The molecule has 0 fully saturated rings. The van der Waals surface area contributed by atoms with E-state index in [1.54, 1.807) is 18.2 Å². The smallest absolute Gasteiger partial charge is 0.263 e. The van der Waals surface area contributed by atoms with Crippen LogP contribution in [-0.2, 0) is 10.0 Å². The van der Waals surface area contributed by atoms with Crippen LogP contribution in [0.4, 0.5) is 17.3 Å². The Morgan fingerprint density at radius 3 is 2.16 bits per heavy atom. The molecule has 0 bridgehead atoms. The van der Waals surface area contributed by atoms with Gasteiger partial charge in [-0.25, -0.2) is 18.4 Å². The molecule has 2 N–H and O–H groups in total. The van der Waals surface area contributed by atoms with Gasteiger partial charge in [-0.15, -0.1) is 0 Å². The van der Waals surface area contributed by atoms with Gasteiger partial charge in [-0.2, -0.15) is 0 Å². The fraction of sp³-hybridized carbons (Fsp3) is 0.167. The number of hydrogen-bond acceptors (Lipinski definition) is 6. The van der Waals surface area contributed by atoms with E-state index in [2.05, 4.69) is 20.0 Å². The number of hydrogen-bond donors (Lipinski definition) is 2. The number of nitrogens with zero attached hydrogens (tertiary/aromatic N) is 2. The van der Waals surface area contributed by atoms with Crippen LogP contribution in [0, 0.1) is 13.8 Å². The van der Waals surface area contributed by atoms with Crippen molar-refractivity contribution in [2.45, 2.75) is 25.7 Å². The molecule has 0 aliphatic heterocycles. The van der Waals surface area contributed by atoms with E-state index in [-0.39, 0.29) is 10.7 Å². The van der Waals surface area contributed by atoms with Gasteiger partial charge in [0.05, 0.1) is 22.5 Å². The van der Waals surface area contributed by atoms with Gasteiger partial charge in [0.1, 0.15) is 5.75 Å². The zero-order valence-corrected chi connectivity index (χ0v) is 18.9. The van der Waals surface area contributed by atoms with E-state index in [0.717, 1.165) is 16.8 Å². The molecule has 4 rings (SSSR count). The Kier molecular flexibility index (Phi) is 5.96. The zero-order valence-electron chi connectivity index (χ0n) is 18.1. The van der Waals surface area contributed by atoms with Crippen molar-refractivity contribution in [2.24, 2.45) is 0 Å². The maximum absolute atomic E-state index is 13.1. The minimum Gasteiger partial charge on any atom is -0.494 e. The predicted molar refractivity (Wildman–Crippen MR) is 127 cm³/mol. The minimum absolute atomic E-state index is 0.105. The summed E-state index contributed by atoms with van der Waals surface area (Å²) in [5.74, 6) is 1.06. The second-order valence-electron chi connectivity index (χ2n) is 7.29. The molecule has 0 aliphatic rings. The third-order valence-electron chi connectivity index (χ3n) is 5.10. The lowest BCUT2D eigenvalue weighted by Gasteiger charge is -2.16. The minimum atomic E-state index is -3.89.